The van der Waals surface area contributed by atoms with Crippen LogP contribution in [-0.2, 0) is 6.42 Å². The van der Waals surface area contributed by atoms with Crippen LogP contribution < -0.4 is 0 Å². The van der Waals surface area contributed by atoms with Crippen LogP contribution in [0.4, 0.5) is 8.78 Å². The highest BCUT2D eigenvalue weighted by atomic mass is 28.3. The van der Waals surface area contributed by atoms with Crippen LogP contribution in [0.3, 0.4) is 0 Å². The molecule has 3 rings (SSSR count). The SMILES string of the molecule is CCCC[Si](C)(C)CCCCC1CCc2c(cc(F)c(-c3ncc(O)cn3)c2F)C1=O. The first kappa shape index (κ1) is 23.5. The van der Waals surface area contributed by atoms with Crippen molar-refractivity contribution in [1.82, 2.24) is 9.97 Å². The van der Waals surface area contributed by atoms with Crippen molar-refractivity contribution in [2.75, 3.05) is 0 Å². The summed E-state index contributed by atoms with van der Waals surface area (Å²) in [5.74, 6) is -2.25. The number of benzene rings is 1. The van der Waals surface area contributed by atoms with Crippen LogP contribution in [0.2, 0.25) is 25.2 Å². The molecule has 0 saturated carbocycles. The molecular weight excluding hydrogens is 414 g/mol. The summed E-state index contributed by atoms with van der Waals surface area (Å²) in [5.41, 5.74) is 0.0677. The van der Waals surface area contributed by atoms with E-state index < -0.39 is 19.7 Å². The van der Waals surface area contributed by atoms with E-state index in [0.717, 1.165) is 37.7 Å². The molecule has 0 saturated heterocycles. The van der Waals surface area contributed by atoms with E-state index in [0.29, 0.717) is 12.8 Å². The van der Waals surface area contributed by atoms with Gasteiger partial charge < -0.3 is 5.11 Å². The van der Waals surface area contributed by atoms with Gasteiger partial charge in [-0.2, -0.15) is 0 Å². The Morgan fingerprint density at radius 1 is 1.13 bits per heavy atom. The molecule has 31 heavy (non-hydrogen) atoms. The molecule has 7 heteroatoms. The number of rotatable bonds is 9. The minimum atomic E-state index is -1.15. The summed E-state index contributed by atoms with van der Waals surface area (Å²) < 4.78 is 29.8. The second-order valence-electron chi connectivity index (χ2n) is 9.45. The highest BCUT2D eigenvalue weighted by molar-refractivity contribution is 6.77. The first-order chi connectivity index (χ1) is 14.7. The molecule has 0 fully saturated rings. The van der Waals surface area contributed by atoms with Gasteiger partial charge in [0.05, 0.1) is 18.0 Å². The second-order valence-corrected chi connectivity index (χ2v) is 14.8. The van der Waals surface area contributed by atoms with Crippen molar-refractivity contribution in [3.05, 3.63) is 41.2 Å². The normalized spacial score (nSPS) is 16.4. The zero-order chi connectivity index (χ0) is 22.6. The van der Waals surface area contributed by atoms with Gasteiger partial charge in [0.2, 0.25) is 0 Å². The topological polar surface area (TPSA) is 63.1 Å². The Morgan fingerprint density at radius 3 is 2.48 bits per heavy atom. The van der Waals surface area contributed by atoms with Gasteiger partial charge in [-0.3, -0.25) is 4.79 Å². The van der Waals surface area contributed by atoms with Crippen molar-refractivity contribution in [2.24, 2.45) is 5.92 Å². The van der Waals surface area contributed by atoms with Crippen molar-refractivity contribution in [2.45, 2.75) is 77.1 Å². The molecule has 1 heterocycles. The molecule has 1 atom stereocenters. The molecule has 2 aromatic rings. The van der Waals surface area contributed by atoms with Crippen molar-refractivity contribution in [3.8, 4) is 17.1 Å². The predicted molar refractivity (Wildman–Crippen MR) is 121 cm³/mol. The maximum atomic E-state index is 15.1. The molecule has 1 N–H and O–H groups in total. The molecule has 0 bridgehead atoms. The first-order valence-electron chi connectivity index (χ1n) is 11.3. The molecule has 1 aliphatic carbocycles. The quantitative estimate of drug-likeness (QED) is 0.350. The lowest BCUT2D eigenvalue weighted by atomic mass is 9.79. The summed E-state index contributed by atoms with van der Waals surface area (Å²) in [6.45, 7) is 7.10. The number of aromatic hydroxyl groups is 1. The van der Waals surface area contributed by atoms with Gasteiger partial charge in [-0.15, -0.1) is 0 Å². The Bertz CT molecular complexity index is 932. The first-order valence-corrected chi connectivity index (χ1v) is 14.7. The molecule has 168 valence electrons. The fourth-order valence-corrected chi connectivity index (χ4v) is 7.27. The smallest absolute Gasteiger partial charge is 0.166 e. The van der Waals surface area contributed by atoms with Crippen molar-refractivity contribution < 1.29 is 18.7 Å². The summed E-state index contributed by atoms with van der Waals surface area (Å²) in [7, 11) is -1.15. The number of carbonyl (C=O) groups is 1. The third-order valence-electron chi connectivity index (χ3n) is 6.42. The average molecular weight is 447 g/mol. The van der Waals surface area contributed by atoms with Gasteiger partial charge in [0, 0.05) is 19.6 Å². The minimum Gasteiger partial charge on any atom is -0.505 e. The van der Waals surface area contributed by atoms with E-state index >= 15 is 4.39 Å². The van der Waals surface area contributed by atoms with E-state index in [1.54, 1.807) is 0 Å². The van der Waals surface area contributed by atoms with Gasteiger partial charge in [0.15, 0.2) is 17.4 Å². The molecular formula is C24H32F2N2O2Si. The standard InChI is InChI=1S/C24H32F2N2O2Si/c1-4-5-11-31(2,3)12-7-6-8-16-9-10-18-19(23(16)30)13-20(25)21(22(18)26)24-27-14-17(29)15-28-24/h13-16,29H,4-12H2,1-3H3. The number of unbranched alkanes of at least 4 members (excludes halogenated alkanes) is 2. The Balaban J connectivity index is 1.68. The number of fused-ring (bicyclic) bond motifs is 1. The number of hydrogen-bond acceptors (Lipinski definition) is 4. The molecule has 1 unspecified atom stereocenters. The fraction of sp³-hybridized carbons (Fsp3) is 0.542. The van der Waals surface area contributed by atoms with E-state index in [1.807, 2.05) is 0 Å². The van der Waals surface area contributed by atoms with Gasteiger partial charge in [-0.25, -0.2) is 18.7 Å². The Morgan fingerprint density at radius 2 is 1.81 bits per heavy atom. The van der Waals surface area contributed by atoms with E-state index in [9.17, 15) is 14.3 Å². The van der Waals surface area contributed by atoms with Crippen LogP contribution in [0.5, 0.6) is 5.75 Å². The monoisotopic (exact) mass is 446 g/mol. The second kappa shape index (κ2) is 9.98. The molecule has 1 aromatic carbocycles. The Labute approximate surface area is 184 Å². The summed E-state index contributed by atoms with van der Waals surface area (Å²) >= 11 is 0. The lowest BCUT2D eigenvalue weighted by Gasteiger charge is -2.26. The summed E-state index contributed by atoms with van der Waals surface area (Å²) in [6.07, 6.45) is 8.59. The number of carbonyl (C=O) groups excluding carboxylic acids is 1. The molecule has 1 aromatic heterocycles. The van der Waals surface area contributed by atoms with E-state index in [2.05, 4.69) is 30.0 Å². The maximum absolute atomic E-state index is 15.1. The van der Waals surface area contributed by atoms with Gasteiger partial charge in [-0.05, 0) is 30.9 Å². The summed E-state index contributed by atoms with van der Waals surface area (Å²) in [5, 5.41) is 9.31. The molecule has 0 spiro atoms. The Kier molecular flexibility index (Phi) is 7.57. The average Bonchev–Trinajstić information content (AvgIpc) is 2.73. The van der Waals surface area contributed by atoms with Crippen LogP contribution in [0.25, 0.3) is 11.4 Å². The number of Topliss-reactive ketones (excluding diaryl/α,β-unsaturated/α-hetero) is 1. The summed E-state index contributed by atoms with van der Waals surface area (Å²) in [6, 6.07) is 3.76. The number of aromatic nitrogens is 2. The number of hydrogen-bond donors (Lipinski definition) is 1. The van der Waals surface area contributed by atoms with Crippen LogP contribution in [0, 0.1) is 17.6 Å². The van der Waals surface area contributed by atoms with Gasteiger partial charge in [0.1, 0.15) is 11.6 Å². The zero-order valence-corrected chi connectivity index (χ0v) is 19.7. The molecule has 4 nitrogen and oxygen atoms in total. The number of halogens is 2. The highest BCUT2D eigenvalue weighted by Crippen LogP contribution is 2.36. The van der Waals surface area contributed by atoms with Gasteiger partial charge in [-0.1, -0.05) is 57.8 Å². The van der Waals surface area contributed by atoms with Crippen LogP contribution in [0.1, 0.15) is 61.4 Å². The molecule has 0 aliphatic heterocycles. The largest absolute Gasteiger partial charge is 0.505 e. The lowest BCUT2D eigenvalue weighted by molar-refractivity contribution is 0.0891. The minimum absolute atomic E-state index is 0.139. The fourth-order valence-electron chi connectivity index (χ4n) is 4.50. The predicted octanol–water partition coefficient (Wildman–Crippen LogP) is 6.55. The van der Waals surface area contributed by atoms with Crippen LogP contribution in [0.15, 0.2) is 18.5 Å². The van der Waals surface area contributed by atoms with Crippen LogP contribution >= 0.6 is 0 Å². The van der Waals surface area contributed by atoms with Gasteiger partial charge >= 0.3 is 0 Å². The number of nitrogens with zero attached hydrogens (tertiary/aromatic N) is 2. The van der Waals surface area contributed by atoms with Crippen molar-refractivity contribution in [1.29, 1.82) is 0 Å². The molecule has 1 aliphatic rings. The van der Waals surface area contributed by atoms with Crippen LogP contribution in [-0.4, -0.2) is 28.9 Å². The third-order valence-corrected chi connectivity index (χ3v) is 9.84. The summed E-state index contributed by atoms with van der Waals surface area (Å²) in [4.78, 5) is 20.6. The Hall–Kier alpha value is -2.15. The zero-order valence-electron chi connectivity index (χ0n) is 18.7. The van der Waals surface area contributed by atoms with Gasteiger partial charge in [0.25, 0.3) is 0 Å². The maximum Gasteiger partial charge on any atom is 0.166 e. The highest BCUT2D eigenvalue weighted by Gasteiger charge is 2.32. The van der Waals surface area contributed by atoms with Crippen molar-refractivity contribution >= 4 is 13.9 Å². The third kappa shape index (κ3) is 5.56. The van der Waals surface area contributed by atoms with E-state index in [-0.39, 0.29) is 40.0 Å². The lowest BCUT2D eigenvalue weighted by Crippen LogP contribution is -2.26. The van der Waals surface area contributed by atoms with Crippen molar-refractivity contribution in [3.63, 3.8) is 0 Å². The molecule has 0 amide bonds. The van der Waals surface area contributed by atoms with E-state index in [4.69, 9.17) is 0 Å². The molecule has 0 radical (unpaired) electrons. The van der Waals surface area contributed by atoms with E-state index in [1.165, 1.54) is 24.9 Å². The number of ketones is 1.